The molecule has 5 heteroatoms. The van der Waals surface area contributed by atoms with Gasteiger partial charge in [-0.25, -0.2) is 4.98 Å². The normalized spacial score (nSPS) is 21.7. The van der Waals surface area contributed by atoms with E-state index in [1.54, 1.807) is 11.8 Å². The Morgan fingerprint density at radius 3 is 3.17 bits per heavy atom. The zero-order valence-corrected chi connectivity index (χ0v) is 11.4. The van der Waals surface area contributed by atoms with E-state index in [4.69, 9.17) is 0 Å². The van der Waals surface area contributed by atoms with E-state index in [2.05, 4.69) is 45.8 Å². The molecule has 0 aliphatic carbocycles. The Bertz CT molecular complexity index is 602. The molecule has 1 N–H and O–H groups in total. The highest BCUT2D eigenvalue weighted by Gasteiger charge is 2.15. The standard InChI is InChI=1S/C13H16N4S/c1-9-8-18-13(15-9)14-6-11-7-17-10(2)4-3-5-12(17)16-11/h3-5,7,9H,6,8H2,1-2H3,(H,14,15). The van der Waals surface area contributed by atoms with Gasteiger partial charge < -0.3 is 9.72 Å². The average molecular weight is 260 g/mol. The van der Waals surface area contributed by atoms with Gasteiger partial charge in [-0.05, 0) is 26.0 Å². The minimum Gasteiger partial charge on any atom is -0.362 e. The van der Waals surface area contributed by atoms with Crippen LogP contribution in [0.2, 0.25) is 0 Å². The second kappa shape index (κ2) is 4.65. The Morgan fingerprint density at radius 2 is 2.44 bits per heavy atom. The Morgan fingerprint density at radius 1 is 1.56 bits per heavy atom. The molecule has 18 heavy (non-hydrogen) atoms. The monoisotopic (exact) mass is 260 g/mol. The summed E-state index contributed by atoms with van der Waals surface area (Å²) in [6, 6.07) is 6.66. The number of amidine groups is 1. The summed E-state index contributed by atoms with van der Waals surface area (Å²) in [7, 11) is 0. The fourth-order valence-electron chi connectivity index (χ4n) is 2.02. The molecule has 1 aliphatic rings. The summed E-state index contributed by atoms with van der Waals surface area (Å²) in [5.41, 5.74) is 3.20. The first kappa shape index (κ1) is 11.6. The number of aryl methyl sites for hydroxylation is 1. The molecule has 0 aromatic carbocycles. The van der Waals surface area contributed by atoms with Crippen LogP contribution in [-0.2, 0) is 6.54 Å². The van der Waals surface area contributed by atoms with Gasteiger partial charge >= 0.3 is 0 Å². The highest BCUT2D eigenvalue weighted by molar-refractivity contribution is 8.14. The summed E-state index contributed by atoms with van der Waals surface area (Å²) in [4.78, 5) is 9.13. The van der Waals surface area contributed by atoms with Crippen molar-refractivity contribution < 1.29 is 0 Å². The fourth-order valence-corrected chi connectivity index (χ4v) is 2.95. The van der Waals surface area contributed by atoms with Crippen LogP contribution in [0.3, 0.4) is 0 Å². The summed E-state index contributed by atoms with van der Waals surface area (Å²) >= 11 is 1.78. The largest absolute Gasteiger partial charge is 0.362 e. The minimum atomic E-state index is 0.525. The molecular formula is C13H16N4S. The summed E-state index contributed by atoms with van der Waals surface area (Å²) in [5.74, 6) is 1.10. The number of fused-ring (bicyclic) bond motifs is 1. The number of nitrogens with one attached hydrogen (secondary N) is 1. The lowest BCUT2D eigenvalue weighted by Crippen LogP contribution is -2.23. The van der Waals surface area contributed by atoms with Crippen molar-refractivity contribution in [1.82, 2.24) is 14.7 Å². The molecule has 1 fully saturated rings. The zero-order valence-electron chi connectivity index (χ0n) is 10.6. The first-order valence-corrected chi connectivity index (χ1v) is 7.08. The smallest absolute Gasteiger partial charge is 0.157 e. The molecule has 0 spiro atoms. The van der Waals surface area contributed by atoms with E-state index >= 15 is 0 Å². The number of thioether (sulfide) groups is 1. The van der Waals surface area contributed by atoms with Crippen LogP contribution in [0.25, 0.3) is 5.65 Å². The molecule has 0 radical (unpaired) electrons. The van der Waals surface area contributed by atoms with Gasteiger partial charge in [-0.15, -0.1) is 0 Å². The number of imidazole rings is 1. The van der Waals surface area contributed by atoms with E-state index in [9.17, 15) is 0 Å². The maximum atomic E-state index is 4.57. The lowest BCUT2D eigenvalue weighted by molar-refractivity contribution is 0.764. The van der Waals surface area contributed by atoms with Gasteiger partial charge in [0.05, 0.1) is 12.2 Å². The molecule has 94 valence electrons. The third-order valence-corrected chi connectivity index (χ3v) is 4.16. The van der Waals surface area contributed by atoms with Crippen molar-refractivity contribution in [3.05, 3.63) is 35.8 Å². The molecule has 2 aromatic heterocycles. The molecule has 2 aromatic rings. The molecule has 0 saturated carbocycles. The van der Waals surface area contributed by atoms with Crippen LogP contribution in [0, 0.1) is 6.92 Å². The molecule has 3 heterocycles. The van der Waals surface area contributed by atoms with Crippen molar-refractivity contribution in [2.45, 2.75) is 26.4 Å². The second-order valence-corrected chi connectivity index (χ2v) is 5.61. The lowest BCUT2D eigenvalue weighted by Gasteiger charge is -1.99. The molecular weight excluding hydrogens is 244 g/mol. The van der Waals surface area contributed by atoms with Crippen molar-refractivity contribution >= 4 is 22.6 Å². The van der Waals surface area contributed by atoms with Gasteiger partial charge in [-0.3, -0.25) is 4.99 Å². The molecule has 1 unspecified atom stereocenters. The Balaban J connectivity index is 1.81. The molecule has 0 amide bonds. The zero-order chi connectivity index (χ0) is 12.5. The molecule has 0 bridgehead atoms. The van der Waals surface area contributed by atoms with Crippen molar-refractivity contribution in [3.8, 4) is 0 Å². The topological polar surface area (TPSA) is 41.7 Å². The van der Waals surface area contributed by atoms with Crippen molar-refractivity contribution in [2.75, 3.05) is 5.75 Å². The number of hydrogen-bond acceptors (Lipinski definition) is 3. The predicted octanol–water partition coefficient (Wildman–Crippen LogP) is 2.22. The van der Waals surface area contributed by atoms with Gasteiger partial charge in [0.15, 0.2) is 5.17 Å². The van der Waals surface area contributed by atoms with E-state index in [1.165, 1.54) is 5.69 Å². The van der Waals surface area contributed by atoms with Crippen molar-refractivity contribution in [2.24, 2.45) is 4.99 Å². The van der Waals surface area contributed by atoms with Gasteiger partial charge in [-0.1, -0.05) is 17.8 Å². The quantitative estimate of drug-likeness (QED) is 0.900. The summed E-state index contributed by atoms with van der Waals surface area (Å²) in [6.45, 7) is 4.90. The van der Waals surface area contributed by atoms with Crippen LogP contribution in [-0.4, -0.2) is 26.3 Å². The highest BCUT2D eigenvalue weighted by atomic mass is 32.2. The SMILES string of the molecule is Cc1cccc2nc(CN=C3NC(C)CS3)cn12. The lowest BCUT2D eigenvalue weighted by atomic mass is 10.4. The van der Waals surface area contributed by atoms with Crippen LogP contribution in [0.15, 0.2) is 29.4 Å². The number of aromatic nitrogens is 2. The van der Waals surface area contributed by atoms with Crippen LogP contribution in [0.4, 0.5) is 0 Å². The Kier molecular flexibility index (Phi) is 2.99. The van der Waals surface area contributed by atoms with E-state index in [0.717, 1.165) is 22.3 Å². The average Bonchev–Trinajstić information content (AvgIpc) is 2.93. The van der Waals surface area contributed by atoms with E-state index in [0.29, 0.717) is 12.6 Å². The molecule has 1 aliphatic heterocycles. The van der Waals surface area contributed by atoms with E-state index in [1.807, 2.05) is 12.1 Å². The van der Waals surface area contributed by atoms with E-state index in [-0.39, 0.29) is 0 Å². The van der Waals surface area contributed by atoms with Gasteiger partial charge in [0.1, 0.15) is 5.65 Å². The maximum absolute atomic E-state index is 4.57. The van der Waals surface area contributed by atoms with Crippen LogP contribution in [0.5, 0.6) is 0 Å². The molecule has 1 saturated heterocycles. The summed E-state index contributed by atoms with van der Waals surface area (Å²) in [6.07, 6.45) is 2.07. The van der Waals surface area contributed by atoms with Gasteiger partial charge in [0.25, 0.3) is 0 Å². The van der Waals surface area contributed by atoms with Crippen LogP contribution >= 0.6 is 11.8 Å². The van der Waals surface area contributed by atoms with Crippen LogP contribution < -0.4 is 5.32 Å². The third kappa shape index (κ3) is 2.22. The molecule has 4 nitrogen and oxygen atoms in total. The first-order chi connectivity index (χ1) is 8.72. The summed E-state index contributed by atoms with van der Waals surface area (Å²) < 4.78 is 2.10. The maximum Gasteiger partial charge on any atom is 0.157 e. The Labute approximate surface area is 111 Å². The second-order valence-electron chi connectivity index (χ2n) is 4.61. The van der Waals surface area contributed by atoms with Crippen molar-refractivity contribution in [3.63, 3.8) is 0 Å². The van der Waals surface area contributed by atoms with E-state index < -0.39 is 0 Å². The molecule has 1 atom stereocenters. The first-order valence-electron chi connectivity index (χ1n) is 6.10. The van der Waals surface area contributed by atoms with Gasteiger partial charge in [0, 0.05) is 23.7 Å². The molecule has 3 rings (SSSR count). The third-order valence-electron chi connectivity index (χ3n) is 2.97. The predicted molar refractivity (Wildman–Crippen MR) is 76.1 cm³/mol. The number of hydrogen-bond donors (Lipinski definition) is 1. The Hall–Kier alpha value is -1.49. The van der Waals surface area contributed by atoms with Gasteiger partial charge in [-0.2, -0.15) is 0 Å². The fraction of sp³-hybridized carbons (Fsp3) is 0.385. The number of rotatable bonds is 2. The number of aliphatic imine (C=N–C) groups is 1. The van der Waals surface area contributed by atoms with Gasteiger partial charge in [0.2, 0.25) is 0 Å². The highest BCUT2D eigenvalue weighted by Crippen LogP contribution is 2.14. The summed E-state index contributed by atoms with van der Waals surface area (Å²) in [5, 5.41) is 4.39. The number of nitrogens with zero attached hydrogens (tertiary/aromatic N) is 3. The minimum absolute atomic E-state index is 0.525. The number of pyridine rings is 1. The van der Waals surface area contributed by atoms with Crippen molar-refractivity contribution in [1.29, 1.82) is 0 Å². The van der Waals surface area contributed by atoms with Crippen LogP contribution in [0.1, 0.15) is 18.3 Å².